The Balaban J connectivity index is 1.41. The molecule has 0 saturated heterocycles. The van der Waals surface area contributed by atoms with E-state index < -0.39 is 5.97 Å². The lowest BCUT2D eigenvalue weighted by Crippen LogP contribution is -2.32. The number of benzene rings is 2. The van der Waals surface area contributed by atoms with Gasteiger partial charge in [0.1, 0.15) is 4.88 Å². The molecule has 28 heavy (non-hydrogen) atoms. The molecule has 4 nitrogen and oxygen atoms in total. The number of esters is 1. The Hall–Kier alpha value is -2.96. The number of carbonyl (C=O) groups excluding carboxylic acids is 2. The Bertz CT molecular complexity index is 1050. The van der Waals surface area contributed by atoms with Gasteiger partial charge in [0, 0.05) is 9.58 Å². The number of hydrogen-bond donors (Lipinski definition) is 1. The van der Waals surface area contributed by atoms with Gasteiger partial charge in [-0.1, -0.05) is 54.6 Å². The van der Waals surface area contributed by atoms with Crippen molar-refractivity contribution in [1.82, 2.24) is 5.32 Å². The number of carbonyl (C=O) groups is 2. The van der Waals surface area contributed by atoms with Crippen LogP contribution in [0.25, 0.3) is 10.1 Å². The number of amides is 1. The largest absolute Gasteiger partial charge is 0.451 e. The molecule has 0 aliphatic carbocycles. The lowest BCUT2D eigenvalue weighted by molar-refractivity contribution is -0.124. The zero-order chi connectivity index (χ0) is 19.3. The SMILES string of the molecule is O=C(COC(=O)c1cc2ccccc2s1)N[C@@H](c1ccccc1)c1cccs1. The van der Waals surface area contributed by atoms with E-state index in [0.29, 0.717) is 4.88 Å². The zero-order valence-electron chi connectivity index (χ0n) is 14.8. The molecule has 4 rings (SSSR count). The van der Waals surface area contributed by atoms with E-state index in [1.54, 1.807) is 17.4 Å². The summed E-state index contributed by atoms with van der Waals surface area (Å²) in [7, 11) is 0. The van der Waals surface area contributed by atoms with E-state index >= 15 is 0 Å². The summed E-state index contributed by atoms with van der Waals surface area (Å²) in [6, 6.07) is 22.9. The Kier molecular flexibility index (Phi) is 5.50. The second kappa shape index (κ2) is 8.37. The summed E-state index contributed by atoms with van der Waals surface area (Å²) in [5, 5.41) is 5.93. The number of hydrogen-bond acceptors (Lipinski definition) is 5. The molecule has 2 aromatic carbocycles. The number of nitrogens with one attached hydrogen (secondary N) is 1. The number of ether oxygens (including phenoxy) is 1. The van der Waals surface area contributed by atoms with Crippen LogP contribution in [0, 0.1) is 0 Å². The third kappa shape index (κ3) is 4.13. The van der Waals surface area contributed by atoms with Crippen molar-refractivity contribution in [3.63, 3.8) is 0 Å². The monoisotopic (exact) mass is 407 g/mol. The van der Waals surface area contributed by atoms with Crippen molar-refractivity contribution >= 4 is 44.6 Å². The van der Waals surface area contributed by atoms with Crippen molar-refractivity contribution < 1.29 is 14.3 Å². The van der Waals surface area contributed by atoms with Crippen molar-refractivity contribution in [2.75, 3.05) is 6.61 Å². The van der Waals surface area contributed by atoms with Crippen LogP contribution in [-0.4, -0.2) is 18.5 Å². The smallest absolute Gasteiger partial charge is 0.348 e. The first-order valence-corrected chi connectivity index (χ1v) is 10.4. The Morgan fingerprint density at radius 2 is 1.75 bits per heavy atom. The van der Waals surface area contributed by atoms with Crippen LogP contribution in [0.4, 0.5) is 0 Å². The van der Waals surface area contributed by atoms with Crippen LogP contribution in [-0.2, 0) is 9.53 Å². The van der Waals surface area contributed by atoms with E-state index in [9.17, 15) is 9.59 Å². The van der Waals surface area contributed by atoms with Crippen LogP contribution in [0.5, 0.6) is 0 Å². The normalized spacial score (nSPS) is 11.9. The molecule has 1 N–H and O–H groups in total. The maximum Gasteiger partial charge on any atom is 0.348 e. The molecule has 0 aliphatic rings. The van der Waals surface area contributed by atoms with E-state index in [-0.39, 0.29) is 18.6 Å². The van der Waals surface area contributed by atoms with Gasteiger partial charge >= 0.3 is 5.97 Å². The molecule has 140 valence electrons. The van der Waals surface area contributed by atoms with Crippen LogP contribution >= 0.6 is 22.7 Å². The maximum absolute atomic E-state index is 12.4. The summed E-state index contributed by atoms with van der Waals surface area (Å²) in [4.78, 5) is 26.3. The van der Waals surface area contributed by atoms with Crippen molar-refractivity contribution in [3.8, 4) is 0 Å². The quantitative estimate of drug-likeness (QED) is 0.456. The number of rotatable bonds is 6. The lowest BCUT2D eigenvalue weighted by atomic mass is 10.1. The van der Waals surface area contributed by atoms with E-state index in [0.717, 1.165) is 20.5 Å². The topological polar surface area (TPSA) is 55.4 Å². The fourth-order valence-corrected chi connectivity index (χ4v) is 4.67. The average Bonchev–Trinajstić information content (AvgIpc) is 3.40. The van der Waals surface area contributed by atoms with Gasteiger partial charge < -0.3 is 10.1 Å². The molecule has 2 aromatic heterocycles. The van der Waals surface area contributed by atoms with Gasteiger partial charge in [-0.2, -0.15) is 0 Å². The predicted molar refractivity (Wildman–Crippen MR) is 113 cm³/mol. The molecule has 1 atom stereocenters. The van der Waals surface area contributed by atoms with E-state index in [2.05, 4.69) is 5.32 Å². The zero-order valence-corrected chi connectivity index (χ0v) is 16.5. The van der Waals surface area contributed by atoms with E-state index in [4.69, 9.17) is 4.74 Å². The molecule has 0 fully saturated rings. The van der Waals surface area contributed by atoms with Crippen molar-refractivity contribution in [3.05, 3.63) is 93.5 Å². The van der Waals surface area contributed by atoms with Crippen molar-refractivity contribution in [2.24, 2.45) is 0 Å². The molecule has 0 bridgehead atoms. The summed E-state index contributed by atoms with van der Waals surface area (Å²) >= 11 is 2.93. The third-order valence-corrected chi connectivity index (χ3v) is 6.26. The minimum Gasteiger partial charge on any atom is -0.451 e. The molecular formula is C22H17NO3S2. The minimum atomic E-state index is -0.483. The predicted octanol–water partition coefficient (Wildman–Crippen LogP) is 5.03. The first-order valence-electron chi connectivity index (χ1n) is 8.74. The van der Waals surface area contributed by atoms with Crippen LogP contribution < -0.4 is 5.32 Å². The van der Waals surface area contributed by atoms with Gasteiger partial charge in [0.25, 0.3) is 5.91 Å². The Labute approximate surface area is 170 Å². The highest BCUT2D eigenvalue weighted by Gasteiger charge is 2.19. The molecule has 0 spiro atoms. The van der Waals surface area contributed by atoms with Crippen LogP contribution in [0.2, 0.25) is 0 Å². The first kappa shape index (κ1) is 18.4. The summed E-state index contributed by atoms with van der Waals surface area (Å²) in [5.41, 5.74) is 0.981. The van der Waals surface area contributed by atoms with Gasteiger partial charge in [-0.05, 0) is 34.5 Å². The summed E-state index contributed by atoms with van der Waals surface area (Å²) in [6.07, 6.45) is 0. The Morgan fingerprint density at radius 1 is 0.964 bits per heavy atom. The summed E-state index contributed by atoms with van der Waals surface area (Å²) in [6.45, 7) is -0.318. The number of fused-ring (bicyclic) bond motifs is 1. The average molecular weight is 408 g/mol. The van der Waals surface area contributed by atoms with Gasteiger partial charge in [-0.3, -0.25) is 4.79 Å². The second-order valence-corrected chi connectivity index (χ2v) is 8.21. The fourth-order valence-electron chi connectivity index (χ4n) is 2.91. The molecule has 0 unspecified atom stereocenters. The summed E-state index contributed by atoms with van der Waals surface area (Å²) in [5.74, 6) is -0.819. The molecule has 6 heteroatoms. The van der Waals surface area contributed by atoms with Gasteiger partial charge in [0.05, 0.1) is 6.04 Å². The second-order valence-electron chi connectivity index (χ2n) is 6.15. The highest BCUT2D eigenvalue weighted by Crippen LogP contribution is 2.27. The van der Waals surface area contributed by atoms with Gasteiger partial charge in [0.15, 0.2) is 6.61 Å². The molecule has 4 aromatic rings. The van der Waals surface area contributed by atoms with Gasteiger partial charge in [0.2, 0.25) is 0 Å². The standard InChI is InChI=1S/C22H17NO3S2/c24-20(14-26-22(25)19-13-16-9-4-5-10-17(16)28-19)23-21(18-11-6-12-27-18)15-7-2-1-3-8-15/h1-13,21H,14H2,(H,23,24)/t21-/m0/s1. The molecule has 2 heterocycles. The molecule has 0 saturated carbocycles. The number of thiophene rings is 2. The summed E-state index contributed by atoms with van der Waals surface area (Å²) < 4.78 is 6.25. The molecular weight excluding hydrogens is 390 g/mol. The Morgan fingerprint density at radius 3 is 2.50 bits per heavy atom. The lowest BCUT2D eigenvalue weighted by Gasteiger charge is -2.18. The van der Waals surface area contributed by atoms with Gasteiger partial charge in [-0.15, -0.1) is 22.7 Å². The van der Waals surface area contributed by atoms with E-state index in [1.165, 1.54) is 11.3 Å². The fraction of sp³-hybridized carbons (Fsp3) is 0.0909. The first-order chi connectivity index (χ1) is 13.7. The van der Waals surface area contributed by atoms with Crippen molar-refractivity contribution in [2.45, 2.75) is 6.04 Å². The van der Waals surface area contributed by atoms with E-state index in [1.807, 2.05) is 72.1 Å². The molecule has 1 amide bonds. The minimum absolute atomic E-state index is 0.267. The highest BCUT2D eigenvalue weighted by atomic mass is 32.1. The maximum atomic E-state index is 12.4. The third-order valence-electron chi connectivity index (χ3n) is 4.23. The van der Waals surface area contributed by atoms with Crippen LogP contribution in [0.3, 0.4) is 0 Å². The van der Waals surface area contributed by atoms with Crippen LogP contribution in [0.1, 0.15) is 26.2 Å². The highest BCUT2D eigenvalue weighted by molar-refractivity contribution is 7.20. The van der Waals surface area contributed by atoms with Gasteiger partial charge in [-0.25, -0.2) is 4.79 Å². The van der Waals surface area contributed by atoms with Crippen molar-refractivity contribution in [1.29, 1.82) is 0 Å². The molecule has 0 radical (unpaired) electrons. The molecule has 0 aliphatic heterocycles. The van der Waals surface area contributed by atoms with Crippen LogP contribution in [0.15, 0.2) is 78.2 Å².